The van der Waals surface area contributed by atoms with Gasteiger partial charge in [-0.2, -0.15) is 5.10 Å². The van der Waals surface area contributed by atoms with Crippen LogP contribution < -0.4 is 15.5 Å². The number of halogens is 1. The summed E-state index contributed by atoms with van der Waals surface area (Å²) in [5.74, 6) is 0.342. The number of nitrogens with zero attached hydrogens (tertiary/aromatic N) is 5. The van der Waals surface area contributed by atoms with Gasteiger partial charge in [0.05, 0.1) is 16.9 Å². The van der Waals surface area contributed by atoms with Crippen LogP contribution in [0.4, 0.5) is 21.6 Å². The van der Waals surface area contributed by atoms with E-state index in [1.807, 2.05) is 31.0 Å². The Labute approximate surface area is 174 Å². The molecule has 1 saturated heterocycles. The Kier molecular flexibility index (Phi) is 4.39. The molecule has 0 unspecified atom stereocenters. The Hall–Kier alpha value is -3.13. The zero-order chi connectivity index (χ0) is 21.0. The molecule has 1 aromatic carbocycles. The lowest BCUT2D eigenvalue weighted by Gasteiger charge is -2.37. The number of aromatic nitrogens is 4. The van der Waals surface area contributed by atoms with Crippen LogP contribution >= 0.6 is 0 Å². The average molecular weight is 407 g/mol. The highest BCUT2D eigenvalue weighted by atomic mass is 19.1. The Bertz CT molecular complexity index is 1230. The summed E-state index contributed by atoms with van der Waals surface area (Å²) in [5.41, 5.74) is 3.96. The van der Waals surface area contributed by atoms with Crippen molar-refractivity contribution in [2.24, 2.45) is 7.05 Å². The molecule has 0 aliphatic carbocycles. The van der Waals surface area contributed by atoms with E-state index in [0.717, 1.165) is 29.7 Å². The summed E-state index contributed by atoms with van der Waals surface area (Å²) < 4.78 is 18.0. The number of rotatable bonds is 3. The van der Waals surface area contributed by atoms with Gasteiger partial charge in [-0.3, -0.25) is 4.68 Å². The normalized spacial score (nSPS) is 19.7. The minimum Gasteiger partial charge on any atom is -0.368 e. The lowest BCUT2D eigenvalue weighted by Crippen LogP contribution is -2.54. The summed E-state index contributed by atoms with van der Waals surface area (Å²) in [6.07, 6.45) is 3.64. The Morgan fingerprint density at radius 1 is 1.13 bits per heavy atom. The zero-order valence-corrected chi connectivity index (χ0v) is 17.6. The number of hydrogen-bond donors (Lipinski definition) is 2. The first-order valence-corrected chi connectivity index (χ1v) is 10.3. The number of piperazine rings is 1. The molecule has 3 aromatic heterocycles. The highest BCUT2D eigenvalue weighted by Gasteiger charge is 2.22. The highest BCUT2D eigenvalue weighted by molar-refractivity contribution is 5.94. The molecule has 0 spiro atoms. The van der Waals surface area contributed by atoms with Crippen LogP contribution in [0.15, 0.2) is 36.7 Å². The quantitative estimate of drug-likeness (QED) is 0.543. The minimum atomic E-state index is -0.363. The molecule has 1 aliphatic heterocycles. The number of fused-ring (bicyclic) bond motifs is 2. The lowest BCUT2D eigenvalue weighted by molar-refractivity contribution is 0.407. The number of anilines is 3. The summed E-state index contributed by atoms with van der Waals surface area (Å²) in [4.78, 5) is 6.62. The van der Waals surface area contributed by atoms with E-state index >= 15 is 0 Å². The fourth-order valence-electron chi connectivity index (χ4n) is 4.46. The van der Waals surface area contributed by atoms with Crippen molar-refractivity contribution in [2.75, 3.05) is 23.3 Å². The molecule has 4 aromatic rings. The molecule has 1 fully saturated rings. The number of pyridine rings is 1. The van der Waals surface area contributed by atoms with Gasteiger partial charge in [-0.1, -0.05) is 0 Å². The summed E-state index contributed by atoms with van der Waals surface area (Å²) in [6, 6.07) is 8.77. The van der Waals surface area contributed by atoms with E-state index in [2.05, 4.69) is 57.7 Å². The molecule has 0 saturated carbocycles. The average Bonchev–Trinajstić information content (AvgIpc) is 3.21. The van der Waals surface area contributed by atoms with Crippen LogP contribution in [0.3, 0.4) is 0 Å². The number of nitrogens with one attached hydrogen (secondary N) is 2. The molecule has 8 heteroatoms. The molecule has 30 heavy (non-hydrogen) atoms. The number of benzene rings is 1. The Morgan fingerprint density at radius 3 is 2.67 bits per heavy atom. The minimum absolute atomic E-state index is 0.327. The van der Waals surface area contributed by atoms with Crippen LogP contribution in [0.1, 0.15) is 19.5 Å². The number of aryl methyl sites for hydroxylation is 2. The zero-order valence-electron chi connectivity index (χ0n) is 17.6. The third kappa shape index (κ3) is 3.27. The van der Waals surface area contributed by atoms with Crippen molar-refractivity contribution in [3.8, 4) is 0 Å². The van der Waals surface area contributed by atoms with Crippen LogP contribution in [0, 0.1) is 12.7 Å². The highest BCUT2D eigenvalue weighted by Crippen LogP contribution is 2.30. The first-order chi connectivity index (χ1) is 14.4. The molecule has 2 N–H and O–H groups in total. The van der Waals surface area contributed by atoms with E-state index in [1.54, 1.807) is 4.40 Å². The van der Waals surface area contributed by atoms with E-state index in [-0.39, 0.29) is 5.82 Å². The maximum Gasteiger partial charge on any atom is 0.173 e. The molecule has 4 heterocycles. The van der Waals surface area contributed by atoms with E-state index in [4.69, 9.17) is 0 Å². The van der Waals surface area contributed by atoms with Crippen molar-refractivity contribution in [1.82, 2.24) is 24.5 Å². The second-order valence-corrected chi connectivity index (χ2v) is 8.36. The van der Waals surface area contributed by atoms with Gasteiger partial charge >= 0.3 is 0 Å². The molecule has 0 amide bonds. The number of hydrogen-bond acceptors (Lipinski definition) is 5. The van der Waals surface area contributed by atoms with Crippen molar-refractivity contribution in [3.63, 3.8) is 0 Å². The van der Waals surface area contributed by atoms with Gasteiger partial charge < -0.3 is 19.9 Å². The largest absolute Gasteiger partial charge is 0.368 e. The monoisotopic (exact) mass is 407 g/mol. The number of imidazole rings is 1. The van der Waals surface area contributed by atoms with Gasteiger partial charge in [-0.25, -0.2) is 9.37 Å². The van der Waals surface area contributed by atoms with E-state index in [1.165, 1.54) is 11.8 Å². The standard InChI is InChI=1S/C22H26FN7/c1-13-9-29(10-14(2)24-13)17-5-6-18-20(8-17)28(4)27-21(18)26-16-7-19(23)22-25-15(3)11-30(22)12-16/h5-8,11-14,24H,9-10H2,1-4H3,(H,26,27)/t13-,14-/m0/s1. The van der Waals surface area contributed by atoms with Gasteiger partial charge in [0.1, 0.15) is 0 Å². The third-order valence-corrected chi connectivity index (χ3v) is 5.65. The molecule has 1 aliphatic rings. The van der Waals surface area contributed by atoms with Gasteiger partial charge in [-0.15, -0.1) is 0 Å². The van der Waals surface area contributed by atoms with Gasteiger partial charge in [0.15, 0.2) is 17.3 Å². The molecule has 2 atom stereocenters. The van der Waals surface area contributed by atoms with Crippen molar-refractivity contribution in [3.05, 3.63) is 48.2 Å². The summed E-state index contributed by atoms with van der Waals surface area (Å²) in [5, 5.41) is 12.5. The fourth-order valence-corrected chi connectivity index (χ4v) is 4.46. The van der Waals surface area contributed by atoms with E-state index < -0.39 is 0 Å². The van der Waals surface area contributed by atoms with Gasteiger partial charge in [-0.05, 0) is 39.0 Å². The topological polar surface area (TPSA) is 62.4 Å². The van der Waals surface area contributed by atoms with Crippen molar-refractivity contribution >= 4 is 33.7 Å². The van der Waals surface area contributed by atoms with Crippen molar-refractivity contribution in [2.45, 2.75) is 32.9 Å². The maximum atomic E-state index is 14.4. The summed E-state index contributed by atoms with van der Waals surface area (Å²) in [6.45, 7) is 8.23. The smallest absolute Gasteiger partial charge is 0.173 e. The summed E-state index contributed by atoms with van der Waals surface area (Å²) in [7, 11) is 1.93. The molecule has 7 nitrogen and oxygen atoms in total. The summed E-state index contributed by atoms with van der Waals surface area (Å²) >= 11 is 0. The van der Waals surface area contributed by atoms with Gasteiger partial charge in [0.25, 0.3) is 0 Å². The molecule has 5 rings (SSSR count). The first-order valence-electron chi connectivity index (χ1n) is 10.3. The van der Waals surface area contributed by atoms with Crippen LogP contribution in [-0.2, 0) is 7.05 Å². The molecule has 0 radical (unpaired) electrons. The maximum absolute atomic E-state index is 14.4. The van der Waals surface area contributed by atoms with Crippen molar-refractivity contribution in [1.29, 1.82) is 0 Å². The van der Waals surface area contributed by atoms with Gasteiger partial charge in [0, 0.05) is 61.8 Å². The third-order valence-electron chi connectivity index (χ3n) is 5.65. The second kappa shape index (κ2) is 6.98. The molecule has 0 bridgehead atoms. The predicted octanol–water partition coefficient (Wildman–Crippen LogP) is 3.60. The SMILES string of the molecule is Cc1cn2cc(Nc3nn(C)c4cc(N5C[C@H](C)N[C@@H](C)C5)ccc34)cc(F)c2n1. The molecule has 156 valence electrons. The first kappa shape index (κ1) is 18.9. The van der Waals surface area contributed by atoms with Crippen LogP contribution in [0.5, 0.6) is 0 Å². The van der Waals surface area contributed by atoms with E-state index in [9.17, 15) is 4.39 Å². The lowest BCUT2D eigenvalue weighted by atomic mass is 10.1. The van der Waals surface area contributed by atoms with Crippen LogP contribution in [-0.4, -0.2) is 44.3 Å². The van der Waals surface area contributed by atoms with Gasteiger partial charge in [0.2, 0.25) is 0 Å². The molecular weight excluding hydrogens is 381 g/mol. The van der Waals surface area contributed by atoms with Crippen LogP contribution in [0.25, 0.3) is 16.6 Å². The molecular formula is C22H26FN7. The fraction of sp³-hybridized carbons (Fsp3) is 0.364. The predicted molar refractivity (Wildman–Crippen MR) is 118 cm³/mol. The van der Waals surface area contributed by atoms with Crippen molar-refractivity contribution < 1.29 is 4.39 Å². The van der Waals surface area contributed by atoms with Crippen LogP contribution in [0.2, 0.25) is 0 Å². The Morgan fingerprint density at radius 2 is 1.90 bits per heavy atom. The second-order valence-electron chi connectivity index (χ2n) is 8.36. The van der Waals surface area contributed by atoms with E-state index in [0.29, 0.717) is 29.2 Å². The Balaban J connectivity index is 1.49.